The second-order valence-electron chi connectivity index (χ2n) is 9.30. The Balaban J connectivity index is 1.44. The van der Waals surface area contributed by atoms with Gasteiger partial charge >= 0.3 is 0 Å². The number of fused-ring (bicyclic) bond motifs is 1. The molecule has 0 fully saturated rings. The van der Waals surface area contributed by atoms with Crippen LogP contribution in [0.3, 0.4) is 0 Å². The van der Waals surface area contributed by atoms with Crippen LogP contribution >= 0.6 is 11.3 Å². The SMILES string of the molecule is Cc1ccc(-c2cc(C(=O)Nc3nc(-c4ccc(C(C)(C)C)cc4)cs3)c3ccccc3n2)o1. The van der Waals surface area contributed by atoms with E-state index in [9.17, 15) is 4.79 Å². The van der Waals surface area contributed by atoms with Crippen molar-refractivity contribution in [2.45, 2.75) is 33.1 Å². The molecule has 0 unspecified atom stereocenters. The molecule has 170 valence electrons. The van der Waals surface area contributed by atoms with Crippen LogP contribution < -0.4 is 5.32 Å². The first-order chi connectivity index (χ1) is 16.3. The van der Waals surface area contributed by atoms with E-state index < -0.39 is 0 Å². The van der Waals surface area contributed by atoms with Crippen molar-refractivity contribution in [2.24, 2.45) is 0 Å². The Morgan fingerprint density at radius 1 is 0.941 bits per heavy atom. The molecule has 0 spiro atoms. The van der Waals surface area contributed by atoms with Gasteiger partial charge in [-0.25, -0.2) is 9.97 Å². The Bertz CT molecular complexity index is 1490. The summed E-state index contributed by atoms with van der Waals surface area (Å²) in [6.07, 6.45) is 0. The fraction of sp³-hybridized carbons (Fsp3) is 0.179. The molecule has 0 aliphatic heterocycles. The number of para-hydroxylation sites is 1. The van der Waals surface area contributed by atoms with E-state index in [0.29, 0.717) is 22.1 Å². The number of benzene rings is 2. The zero-order chi connectivity index (χ0) is 23.9. The highest BCUT2D eigenvalue weighted by molar-refractivity contribution is 7.14. The predicted octanol–water partition coefficient (Wildman–Crippen LogP) is 7.48. The van der Waals surface area contributed by atoms with Gasteiger partial charge in [0.1, 0.15) is 11.5 Å². The van der Waals surface area contributed by atoms with E-state index in [2.05, 4.69) is 55.3 Å². The Labute approximate surface area is 202 Å². The maximum Gasteiger partial charge on any atom is 0.258 e. The highest BCUT2D eigenvalue weighted by Crippen LogP contribution is 2.30. The van der Waals surface area contributed by atoms with E-state index in [1.54, 1.807) is 6.07 Å². The van der Waals surface area contributed by atoms with Gasteiger partial charge in [0.2, 0.25) is 0 Å². The number of nitrogens with zero attached hydrogens (tertiary/aromatic N) is 2. The van der Waals surface area contributed by atoms with Crippen molar-refractivity contribution in [1.29, 1.82) is 0 Å². The van der Waals surface area contributed by atoms with Crippen LogP contribution in [0.25, 0.3) is 33.6 Å². The first-order valence-corrected chi connectivity index (χ1v) is 12.0. The lowest BCUT2D eigenvalue weighted by Gasteiger charge is -2.18. The monoisotopic (exact) mass is 467 g/mol. The molecule has 5 rings (SSSR count). The standard InChI is InChI=1S/C28H25N3O2S/c1-17-9-14-25(33-17)23-15-21(20-7-5-6-8-22(20)29-23)26(32)31-27-30-24(16-34-27)18-10-12-19(13-11-18)28(2,3)4/h5-16H,1-4H3,(H,30,31,32). The number of hydrogen-bond acceptors (Lipinski definition) is 5. The molecule has 1 amide bonds. The fourth-order valence-corrected chi connectivity index (χ4v) is 4.55. The topological polar surface area (TPSA) is 68.0 Å². The fourth-order valence-electron chi connectivity index (χ4n) is 3.83. The molecule has 0 saturated heterocycles. The van der Waals surface area contributed by atoms with Crippen molar-refractivity contribution in [1.82, 2.24) is 9.97 Å². The average molecular weight is 468 g/mol. The second-order valence-corrected chi connectivity index (χ2v) is 10.2. The summed E-state index contributed by atoms with van der Waals surface area (Å²) in [7, 11) is 0. The van der Waals surface area contributed by atoms with Crippen LogP contribution in [0.5, 0.6) is 0 Å². The number of nitrogens with one attached hydrogen (secondary N) is 1. The minimum Gasteiger partial charge on any atom is -0.460 e. The quantitative estimate of drug-likeness (QED) is 0.297. The van der Waals surface area contributed by atoms with Gasteiger partial charge in [-0.15, -0.1) is 11.3 Å². The lowest BCUT2D eigenvalue weighted by Crippen LogP contribution is -2.13. The zero-order valence-electron chi connectivity index (χ0n) is 19.5. The number of carbonyl (C=O) groups is 1. The Morgan fingerprint density at radius 2 is 1.71 bits per heavy atom. The van der Waals surface area contributed by atoms with Crippen molar-refractivity contribution < 1.29 is 9.21 Å². The predicted molar refractivity (Wildman–Crippen MR) is 138 cm³/mol. The summed E-state index contributed by atoms with van der Waals surface area (Å²) >= 11 is 1.41. The molecule has 34 heavy (non-hydrogen) atoms. The Morgan fingerprint density at radius 3 is 2.41 bits per heavy atom. The third-order valence-electron chi connectivity index (χ3n) is 5.72. The van der Waals surface area contributed by atoms with Crippen molar-refractivity contribution in [2.75, 3.05) is 5.32 Å². The lowest BCUT2D eigenvalue weighted by atomic mass is 9.86. The maximum absolute atomic E-state index is 13.3. The summed E-state index contributed by atoms with van der Waals surface area (Å²) in [4.78, 5) is 22.7. The van der Waals surface area contributed by atoms with E-state index in [1.165, 1.54) is 16.9 Å². The molecule has 5 nitrogen and oxygen atoms in total. The number of aromatic nitrogens is 2. The van der Waals surface area contributed by atoms with Gasteiger partial charge < -0.3 is 4.42 Å². The number of anilines is 1. The van der Waals surface area contributed by atoms with Crippen LogP contribution in [0.2, 0.25) is 0 Å². The molecule has 1 N–H and O–H groups in total. The number of furan rings is 1. The van der Waals surface area contributed by atoms with E-state index in [4.69, 9.17) is 9.40 Å². The summed E-state index contributed by atoms with van der Waals surface area (Å²) in [6, 6.07) is 21.6. The highest BCUT2D eigenvalue weighted by atomic mass is 32.1. The van der Waals surface area contributed by atoms with E-state index in [-0.39, 0.29) is 11.3 Å². The molecule has 0 aliphatic carbocycles. The van der Waals surface area contributed by atoms with Crippen molar-refractivity contribution in [3.8, 4) is 22.7 Å². The molecule has 0 radical (unpaired) electrons. The highest BCUT2D eigenvalue weighted by Gasteiger charge is 2.18. The second kappa shape index (κ2) is 8.54. The van der Waals surface area contributed by atoms with Gasteiger partial charge in [-0.3, -0.25) is 10.1 Å². The van der Waals surface area contributed by atoms with Crippen LogP contribution in [0.1, 0.15) is 42.5 Å². The van der Waals surface area contributed by atoms with Gasteiger partial charge in [-0.05, 0) is 42.2 Å². The summed E-state index contributed by atoms with van der Waals surface area (Å²) in [6.45, 7) is 8.47. The summed E-state index contributed by atoms with van der Waals surface area (Å²) in [5.41, 5.74) is 5.11. The van der Waals surface area contributed by atoms with Crippen LogP contribution in [-0.4, -0.2) is 15.9 Å². The molecule has 0 atom stereocenters. The van der Waals surface area contributed by atoms with E-state index >= 15 is 0 Å². The molecule has 5 aromatic rings. The van der Waals surface area contributed by atoms with Gasteiger partial charge in [0.05, 0.1) is 16.8 Å². The molecule has 3 heterocycles. The molecule has 0 aliphatic rings. The average Bonchev–Trinajstić information content (AvgIpc) is 3.47. The molecular weight excluding hydrogens is 442 g/mol. The largest absolute Gasteiger partial charge is 0.460 e. The van der Waals surface area contributed by atoms with Gasteiger partial charge in [-0.1, -0.05) is 63.2 Å². The smallest absolute Gasteiger partial charge is 0.258 e. The Hall–Kier alpha value is -3.77. The third-order valence-corrected chi connectivity index (χ3v) is 6.48. The van der Waals surface area contributed by atoms with Gasteiger partial charge in [0.25, 0.3) is 5.91 Å². The zero-order valence-corrected chi connectivity index (χ0v) is 20.4. The van der Waals surface area contributed by atoms with E-state index in [0.717, 1.165) is 27.9 Å². The number of thiazole rings is 1. The van der Waals surface area contributed by atoms with Crippen LogP contribution in [0.15, 0.2) is 76.5 Å². The van der Waals surface area contributed by atoms with Gasteiger partial charge in [0.15, 0.2) is 10.9 Å². The summed E-state index contributed by atoms with van der Waals surface area (Å²) in [5.74, 6) is 1.20. The molecule has 0 bridgehead atoms. The van der Waals surface area contributed by atoms with Gasteiger partial charge in [-0.2, -0.15) is 0 Å². The number of pyridine rings is 1. The van der Waals surface area contributed by atoms with E-state index in [1.807, 2.05) is 48.7 Å². The Kier molecular flexibility index (Phi) is 5.54. The van der Waals surface area contributed by atoms with Crippen molar-refractivity contribution in [3.63, 3.8) is 0 Å². The van der Waals surface area contributed by atoms with Crippen molar-refractivity contribution >= 4 is 33.3 Å². The van der Waals surface area contributed by atoms with Gasteiger partial charge in [0, 0.05) is 16.3 Å². The molecule has 6 heteroatoms. The minimum absolute atomic E-state index is 0.0975. The number of carbonyl (C=O) groups excluding carboxylic acids is 1. The third kappa shape index (κ3) is 4.37. The number of amides is 1. The number of aryl methyl sites for hydroxylation is 1. The number of rotatable bonds is 4. The van der Waals surface area contributed by atoms with Crippen LogP contribution in [-0.2, 0) is 5.41 Å². The molecule has 2 aromatic carbocycles. The minimum atomic E-state index is -0.230. The van der Waals surface area contributed by atoms with Crippen LogP contribution in [0.4, 0.5) is 5.13 Å². The normalized spacial score (nSPS) is 11.6. The first-order valence-electron chi connectivity index (χ1n) is 11.1. The summed E-state index contributed by atoms with van der Waals surface area (Å²) < 4.78 is 5.75. The lowest BCUT2D eigenvalue weighted by molar-refractivity contribution is 0.102. The molecular formula is C28H25N3O2S. The van der Waals surface area contributed by atoms with Crippen molar-refractivity contribution in [3.05, 3.63) is 89.0 Å². The molecule has 0 saturated carbocycles. The maximum atomic E-state index is 13.3. The van der Waals surface area contributed by atoms with Crippen LogP contribution in [0, 0.1) is 6.92 Å². The number of hydrogen-bond donors (Lipinski definition) is 1. The molecule has 3 aromatic heterocycles. The first kappa shape index (κ1) is 22.0. The summed E-state index contributed by atoms with van der Waals surface area (Å²) in [5, 5.41) is 6.26.